The summed E-state index contributed by atoms with van der Waals surface area (Å²) in [5, 5.41) is 0. The second-order valence-corrected chi connectivity index (χ2v) is 3.84. The third kappa shape index (κ3) is 1.89. The smallest absolute Gasteiger partial charge is 0.162 e. The highest BCUT2D eigenvalue weighted by Gasteiger charge is 2.12. The minimum atomic E-state index is 0.589. The minimum Gasteiger partial charge on any atom is -0.486 e. The summed E-state index contributed by atoms with van der Waals surface area (Å²) in [6.45, 7) is 1.19. The fourth-order valence-electron chi connectivity index (χ4n) is 1.78. The molecule has 0 amide bonds. The van der Waals surface area contributed by atoms with Crippen LogP contribution in [-0.2, 0) is 0 Å². The van der Waals surface area contributed by atoms with Crippen molar-refractivity contribution in [3.8, 4) is 22.8 Å². The Bertz CT molecular complexity index is 538. The molecule has 0 fully saturated rings. The summed E-state index contributed by atoms with van der Waals surface area (Å²) in [6.07, 6.45) is 1.64. The van der Waals surface area contributed by atoms with Gasteiger partial charge in [0.25, 0.3) is 0 Å². The lowest BCUT2D eigenvalue weighted by Gasteiger charge is -2.18. The number of nitrogen functional groups attached to an aromatic ring is 1. The van der Waals surface area contributed by atoms with Crippen LogP contribution in [0.5, 0.6) is 11.5 Å². The Labute approximate surface area is 99.0 Å². The van der Waals surface area contributed by atoms with E-state index in [2.05, 4.69) is 4.98 Å². The molecule has 2 N–H and O–H groups in total. The Balaban J connectivity index is 2.01. The number of benzene rings is 1. The first-order valence-electron chi connectivity index (χ1n) is 5.44. The first kappa shape index (κ1) is 9.96. The van der Waals surface area contributed by atoms with Gasteiger partial charge in [0.1, 0.15) is 13.2 Å². The van der Waals surface area contributed by atoms with Crippen molar-refractivity contribution in [2.75, 3.05) is 18.9 Å². The van der Waals surface area contributed by atoms with E-state index in [9.17, 15) is 0 Å². The van der Waals surface area contributed by atoms with Gasteiger partial charge in [-0.1, -0.05) is 0 Å². The van der Waals surface area contributed by atoms with Gasteiger partial charge in [0, 0.05) is 5.56 Å². The molecule has 0 saturated heterocycles. The predicted octanol–water partition coefficient (Wildman–Crippen LogP) is 2.10. The van der Waals surface area contributed by atoms with Crippen LogP contribution >= 0.6 is 0 Å². The molecular weight excluding hydrogens is 216 g/mol. The zero-order valence-electron chi connectivity index (χ0n) is 9.22. The Kier molecular flexibility index (Phi) is 2.33. The van der Waals surface area contributed by atoms with E-state index in [1.165, 1.54) is 0 Å². The summed E-state index contributed by atoms with van der Waals surface area (Å²) in [5.74, 6) is 1.56. The lowest BCUT2D eigenvalue weighted by atomic mass is 10.1. The van der Waals surface area contributed by atoms with Crippen LogP contribution < -0.4 is 15.2 Å². The van der Waals surface area contributed by atoms with Gasteiger partial charge >= 0.3 is 0 Å². The van der Waals surface area contributed by atoms with Crippen LogP contribution in [0.15, 0.2) is 36.5 Å². The number of pyridine rings is 1. The van der Waals surface area contributed by atoms with E-state index in [4.69, 9.17) is 15.2 Å². The molecule has 1 aliphatic heterocycles. The molecule has 0 saturated carbocycles. The van der Waals surface area contributed by atoms with Gasteiger partial charge in [0.15, 0.2) is 11.5 Å². The first-order valence-corrected chi connectivity index (χ1v) is 5.44. The molecule has 3 rings (SSSR count). The number of anilines is 1. The van der Waals surface area contributed by atoms with Crippen LogP contribution in [0.1, 0.15) is 0 Å². The summed E-state index contributed by atoms with van der Waals surface area (Å²) in [4.78, 5) is 4.28. The maximum atomic E-state index is 5.61. The maximum Gasteiger partial charge on any atom is 0.162 e. The molecule has 4 nitrogen and oxygen atoms in total. The number of nitrogens with two attached hydrogens (primary N) is 1. The number of aromatic nitrogens is 1. The normalized spacial score (nSPS) is 13.4. The standard InChI is InChI=1S/C13H12N2O2/c14-10-2-3-11(15-8-10)9-1-4-12-13(7-9)17-6-5-16-12/h1-4,7-8H,5-6,14H2. The van der Waals surface area contributed by atoms with Crippen LogP contribution in [0, 0.1) is 0 Å². The van der Waals surface area contributed by atoms with Crippen molar-refractivity contribution in [1.82, 2.24) is 4.98 Å². The molecule has 0 bridgehead atoms. The van der Waals surface area contributed by atoms with Gasteiger partial charge in [-0.3, -0.25) is 4.98 Å². The molecule has 0 unspecified atom stereocenters. The van der Waals surface area contributed by atoms with Gasteiger partial charge in [0.05, 0.1) is 17.6 Å². The van der Waals surface area contributed by atoms with Gasteiger partial charge in [-0.05, 0) is 30.3 Å². The van der Waals surface area contributed by atoms with Crippen LogP contribution in [0.25, 0.3) is 11.3 Å². The Morgan fingerprint density at radius 3 is 2.59 bits per heavy atom. The molecule has 0 spiro atoms. The van der Waals surface area contributed by atoms with E-state index in [0.717, 1.165) is 22.8 Å². The van der Waals surface area contributed by atoms with E-state index < -0.39 is 0 Å². The van der Waals surface area contributed by atoms with E-state index in [1.54, 1.807) is 6.20 Å². The molecule has 0 aliphatic carbocycles. The molecule has 17 heavy (non-hydrogen) atoms. The average Bonchev–Trinajstić information content (AvgIpc) is 2.39. The number of hydrogen-bond donors (Lipinski definition) is 1. The number of hydrogen-bond acceptors (Lipinski definition) is 4. The molecule has 0 radical (unpaired) electrons. The maximum absolute atomic E-state index is 5.61. The Morgan fingerprint density at radius 2 is 1.82 bits per heavy atom. The predicted molar refractivity (Wildman–Crippen MR) is 65.1 cm³/mol. The number of ether oxygens (including phenoxy) is 2. The van der Waals surface area contributed by atoms with Gasteiger partial charge in [-0.25, -0.2) is 0 Å². The molecule has 2 aromatic rings. The largest absolute Gasteiger partial charge is 0.486 e. The number of fused-ring (bicyclic) bond motifs is 1. The Morgan fingerprint density at radius 1 is 1.00 bits per heavy atom. The van der Waals surface area contributed by atoms with E-state index in [1.807, 2.05) is 30.3 Å². The summed E-state index contributed by atoms with van der Waals surface area (Å²) in [7, 11) is 0. The average molecular weight is 228 g/mol. The van der Waals surface area contributed by atoms with Crippen molar-refractivity contribution in [3.05, 3.63) is 36.5 Å². The molecule has 1 aromatic carbocycles. The molecule has 86 valence electrons. The van der Waals surface area contributed by atoms with E-state index in [-0.39, 0.29) is 0 Å². The quantitative estimate of drug-likeness (QED) is 0.812. The lowest BCUT2D eigenvalue weighted by Crippen LogP contribution is -2.15. The van der Waals surface area contributed by atoms with Crippen molar-refractivity contribution in [3.63, 3.8) is 0 Å². The monoisotopic (exact) mass is 228 g/mol. The first-order chi connectivity index (χ1) is 8.33. The molecule has 0 atom stereocenters. The molecule has 4 heteroatoms. The van der Waals surface area contributed by atoms with E-state index >= 15 is 0 Å². The third-order valence-electron chi connectivity index (χ3n) is 2.62. The Hall–Kier alpha value is -2.23. The van der Waals surface area contributed by atoms with Gasteiger partial charge in [0.2, 0.25) is 0 Å². The lowest BCUT2D eigenvalue weighted by molar-refractivity contribution is 0.171. The summed E-state index contributed by atoms with van der Waals surface area (Å²) < 4.78 is 11.0. The van der Waals surface area contributed by atoms with Gasteiger partial charge < -0.3 is 15.2 Å². The van der Waals surface area contributed by atoms with Crippen LogP contribution in [0.3, 0.4) is 0 Å². The van der Waals surface area contributed by atoms with Gasteiger partial charge in [-0.15, -0.1) is 0 Å². The van der Waals surface area contributed by atoms with Gasteiger partial charge in [-0.2, -0.15) is 0 Å². The summed E-state index contributed by atoms with van der Waals surface area (Å²) in [6, 6.07) is 9.53. The van der Waals surface area contributed by atoms with Crippen LogP contribution in [0.2, 0.25) is 0 Å². The molecule has 2 heterocycles. The van der Waals surface area contributed by atoms with Crippen LogP contribution in [-0.4, -0.2) is 18.2 Å². The van der Waals surface area contributed by atoms with Crippen molar-refractivity contribution >= 4 is 5.69 Å². The van der Waals surface area contributed by atoms with Crippen molar-refractivity contribution in [2.24, 2.45) is 0 Å². The minimum absolute atomic E-state index is 0.589. The highest BCUT2D eigenvalue weighted by Crippen LogP contribution is 2.33. The second kappa shape index (κ2) is 3.97. The summed E-state index contributed by atoms with van der Waals surface area (Å²) >= 11 is 0. The van der Waals surface area contributed by atoms with Crippen LogP contribution in [0.4, 0.5) is 5.69 Å². The highest BCUT2D eigenvalue weighted by molar-refractivity contribution is 5.65. The SMILES string of the molecule is Nc1ccc(-c2ccc3c(c2)OCCO3)nc1. The number of nitrogens with zero attached hydrogens (tertiary/aromatic N) is 1. The molecule has 1 aromatic heterocycles. The second-order valence-electron chi connectivity index (χ2n) is 3.84. The zero-order chi connectivity index (χ0) is 11.7. The topological polar surface area (TPSA) is 57.4 Å². The third-order valence-corrected chi connectivity index (χ3v) is 2.62. The number of rotatable bonds is 1. The molecule has 1 aliphatic rings. The highest BCUT2D eigenvalue weighted by atomic mass is 16.6. The fraction of sp³-hybridized carbons (Fsp3) is 0.154. The fourth-order valence-corrected chi connectivity index (χ4v) is 1.78. The van der Waals surface area contributed by atoms with Crippen molar-refractivity contribution in [2.45, 2.75) is 0 Å². The molecular formula is C13H12N2O2. The van der Waals surface area contributed by atoms with Crippen molar-refractivity contribution in [1.29, 1.82) is 0 Å². The summed E-state index contributed by atoms with van der Waals surface area (Å²) in [5.41, 5.74) is 8.13. The van der Waals surface area contributed by atoms with E-state index in [0.29, 0.717) is 18.9 Å². The van der Waals surface area contributed by atoms with Crippen molar-refractivity contribution < 1.29 is 9.47 Å². The zero-order valence-corrected chi connectivity index (χ0v) is 9.22.